The Kier molecular flexibility index (Phi) is 4.71. The lowest BCUT2D eigenvalue weighted by Crippen LogP contribution is -2.13. The minimum atomic E-state index is -1.39. The van der Waals surface area contributed by atoms with Gasteiger partial charge in [0, 0.05) is 16.1 Å². The fraction of sp³-hybridized carbons (Fsp3) is 0.0667. The van der Waals surface area contributed by atoms with Gasteiger partial charge in [0.05, 0.1) is 10.5 Å². The first kappa shape index (κ1) is 15.6. The van der Waals surface area contributed by atoms with Gasteiger partial charge in [-0.15, -0.1) is 0 Å². The van der Waals surface area contributed by atoms with Crippen LogP contribution in [0.5, 0.6) is 0 Å². The van der Waals surface area contributed by atoms with Crippen molar-refractivity contribution in [3.63, 3.8) is 0 Å². The highest BCUT2D eigenvalue weighted by atomic mass is 79.9. The Balaban J connectivity index is 2.49. The van der Waals surface area contributed by atoms with E-state index in [0.717, 1.165) is 12.1 Å². The molecule has 0 aliphatic carbocycles. The second kappa shape index (κ2) is 6.33. The summed E-state index contributed by atoms with van der Waals surface area (Å²) < 4.78 is 27.1. The first-order chi connectivity index (χ1) is 9.95. The number of ketones is 1. The van der Waals surface area contributed by atoms with E-state index < -0.39 is 23.3 Å². The van der Waals surface area contributed by atoms with Gasteiger partial charge in [-0.1, -0.05) is 17.7 Å². The summed E-state index contributed by atoms with van der Waals surface area (Å²) in [5.74, 6) is -3.31. The van der Waals surface area contributed by atoms with E-state index in [1.807, 2.05) is 0 Å². The van der Waals surface area contributed by atoms with Crippen LogP contribution in [0, 0.1) is 23.0 Å². The highest BCUT2D eigenvalue weighted by molar-refractivity contribution is 9.10. The molecule has 0 aliphatic rings. The van der Waals surface area contributed by atoms with Gasteiger partial charge in [0.25, 0.3) is 0 Å². The van der Waals surface area contributed by atoms with Crippen molar-refractivity contribution in [3.05, 3.63) is 68.7 Å². The van der Waals surface area contributed by atoms with Crippen LogP contribution in [0.15, 0.2) is 40.9 Å². The van der Waals surface area contributed by atoms with E-state index in [0.29, 0.717) is 0 Å². The molecule has 0 N–H and O–H groups in total. The summed E-state index contributed by atoms with van der Waals surface area (Å²) in [6, 6.07) is 9.23. The smallest absolute Gasteiger partial charge is 0.184 e. The van der Waals surface area contributed by atoms with Gasteiger partial charge in [-0.25, -0.2) is 8.78 Å². The molecule has 2 nitrogen and oxygen atoms in total. The quantitative estimate of drug-likeness (QED) is 0.723. The van der Waals surface area contributed by atoms with E-state index in [9.17, 15) is 18.8 Å². The molecule has 0 fully saturated rings. The molecule has 2 aromatic carbocycles. The summed E-state index contributed by atoms with van der Waals surface area (Å²) in [6.07, 6.45) is 0. The number of hydrogen-bond donors (Lipinski definition) is 0. The molecule has 1 atom stereocenters. The van der Waals surface area contributed by atoms with Crippen LogP contribution in [0.4, 0.5) is 8.78 Å². The molecular weight excluding hydrogens is 364 g/mol. The van der Waals surface area contributed by atoms with Gasteiger partial charge in [0.15, 0.2) is 5.78 Å². The van der Waals surface area contributed by atoms with E-state index in [1.54, 1.807) is 6.07 Å². The van der Waals surface area contributed by atoms with E-state index in [-0.39, 0.29) is 20.6 Å². The maximum absolute atomic E-state index is 13.8. The summed E-state index contributed by atoms with van der Waals surface area (Å²) in [5, 5.41) is 9.20. The number of nitrogens with zero attached hydrogens (tertiary/aromatic N) is 1. The van der Waals surface area contributed by atoms with Crippen molar-refractivity contribution >= 4 is 33.3 Å². The first-order valence-corrected chi connectivity index (χ1v) is 6.95. The molecule has 21 heavy (non-hydrogen) atoms. The third kappa shape index (κ3) is 3.12. The van der Waals surface area contributed by atoms with Gasteiger partial charge in [-0.2, -0.15) is 5.26 Å². The average molecular weight is 371 g/mol. The second-order valence-corrected chi connectivity index (χ2v) is 5.45. The molecular formula is C15H7BrClF2NO. The molecule has 0 radical (unpaired) electrons. The molecule has 0 aliphatic heterocycles. The minimum Gasteiger partial charge on any atom is -0.292 e. The zero-order valence-corrected chi connectivity index (χ0v) is 12.8. The molecule has 106 valence electrons. The van der Waals surface area contributed by atoms with Crippen molar-refractivity contribution in [1.29, 1.82) is 5.26 Å². The van der Waals surface area contributed by atoms with Crippen LogP contribution in [-0.4, -0.2) is 5.78 Å². The molecule has 0 spiro atoms. The van der Waals surface area contributed by atoms with Crippen molar-refractivity contribution in [2.45, 2.75) is 5.92 Å². The molecule has 0 aromatic heterocycles. The summed E-state index contributed by atoms with van der Waals surface area (Å²) in [6.45, 7) is 0. The van der Waals surface area contributed by atoms with Gasteiger partial charge in [-0.3, -0.25) is 4.79 Å². The molecule has 0 saturated heterocycles. The zero-order valence-electron chi connectivity index (χ0n) is 10.4. The Morgan fingerprint density at radius 2 is 1.95 bits per heavy atom. The Morgan fingerprint density at radius 1 is 1.24 bits per heavy atom. The molecule has 2 rings (SSSR count). The molecule has 0 bridgehead atoms. The molecule has 6 heteroatoms. The highest BCUT2D eigenvalue weighted by Crippen LogP contribution is 2.30. The third-order valence-electron chi connectivity index (χ3n) is 2.88. The lowest BCUT2D eigenvalue weighted by Gasteiger charge is -2.12. The number of halogens is 4. The Morgan fingerprint density at radius 3 is 2.52 bits per heavy atom. The lowest BCUT2D eigenvalue weighted by atomic mass is 9.91. The van der Waals surface area contributed by atoms with Gasteiger partial charge in [-0.05, 0) is 46.3 Å². The number of hydrogen-bond acceptors (Lipinski definition) is 2. The maximum Gasteiger partial charge on any atom is 0.184 e. The predicted octanol–water partition coefficient (Wildman–Crippen LogP) is 4.87. The average Bonchev–Trinajstić information content (AvgIpc) is 2.45. The molecule has 0 heterocycles. The van der Waals surface area contributed by atoms with Crippen LogP contribution >= 0.6 is 27.5 Å². The highest BCUT2D eigenvalue weighted by Gasteiger charge is 2.27. The van der Waals surface area contributed by atoms with Crippen LogP contribution in [0.3, 0.4) is 0 Å². The minimum absolute atomic E-state index is 0.00363. The summed E-state index contributed by atoms with van der Waals surface area (Å²) in [7, 11) is 0. The van der Waals surface area contributed by atoms with Gasteiger partial charge in [0.1, 0.15) is 17.6 Å². The maximum atomic E-state index is 13.8. The van der Waals surface area contributed by atoms with Crippen molar-refractivity contribution in [2.75, 3.05) is 0 Å². The van der Waals surface area contributed by atoms with Crippen molar-refractivity contribution in [1.82, 2.24) is 0 Å². The van der Waals surface area contributed by atoms with E-state index >= 15 is 0 Å². The van der Waals surface area contributed by atoms with Gasteiger partial charge in [0.2, 0.25) is 0 Å². The van der Waals surface area contributed by atoms with Crippen LogP contribution in [0.25, 0.3) is 0 Å². The van der Waals surface area contributed by atoms with Crippen LogP contribution in [0.1, 0.15) is 21.8 Å². The van der Waals surface area contributed by atoms with Crippen molar-refractivity contribution in [3.8, 4) is 6.07 Å². The Bertz CT molecular complexity index is 738. The normalized spacial score (nSPS) is 11.8. The molecule has 2 aromatic rings. The number of carbonyl (C=O) groups excluding carboxylic acids is 1. The van der Waals surface area contributed by atoms with Crippen molar-refractivity contribution < 1.29 is 13.6 Å². The van der Waals surface area contributed by atoms with Crippen LogP contribution in [0.2, 0.25) is 5.02 Å². The van der Waals surface area contributed by atoms with E-state index in [4.69, 9.17) is 11.6 Å². The zero-order chi connectivity index (χ0) is 15.6. The van der Waals surface area contributed by atoms with E-state index in [1.165, 1.54) is 24.3 Å². The van der Waals surface area contributed by atoms with Gasteiger partial charge < -0.3 is 0 Å². The monoisotopic (exact) mass is 369 g/mol. The van der Waals surface area contributed by atoms with Crippen LogP contribution < -0.4 is 0 Å². The van der Waals surface area contributed by atoms with Crippen LogP contribution in [-0.2, 0) is 0 Å². The Labute approximate surface area is 133 Å². The summed E-state index contributed by atoms with van der Waals surface area (Å²) >= 11 is 8.84. The fourth-order valence-electron chi connectivity index (χ4n) is 1.86. The van der Waals surface area contributed by atoms with E-state index in [2.05, 4.69) is 15.9 Å². The lowest BCUT2D eigenvalue weighted by molar-refractivity contribution is 0.0977. The SMILES string of the molecule is N#CC(C(=O)c1ccc(F)c(Br)c1)c1c(F)cccc1Cl. The van der Waals surface area contributed by atoms with Crippen molar-refractivity contribution in [2.24, 2.45) is 0 Å². The topological polar surface area (TPSA) is 40.9 Å². The summed E-state index contributed by atoms with van der Waals surface area (Å²) in [5.41, 5.74) is -0.0822. The summed E-state index contributed by atoms with van der Waals surface area (Å²) in [4.78, 5) is 12.4. The number of nitriles is 1. The molecule has 0 amide bonds. The largest absolute Gasteiger partial charge is 0.292 e. The van der Waals surface area contributed by atoms with Gasteiger partial charge >= 0.3 is 0 Å². The Hall–Kier alpha value is -1.77. The fourth-order valence-corrected chi connectivity index (χ4v) is 2.51. The first-order valence-electron chi connectivity index (χ1n) is 5.78. The number of rotatable bonds is 3. The third-order valence-corrected chi connectivity index (χ3v) is 3.82. The number of benzene rings is 2. The molecule has 0 saturated carbocycles. The standard InChI is InChI=1S/C15H7BrClF2NO/c16-10-6-8(4-5-12(10)18)15(21)9(7-20)14-11(17)2-1-3-13(14)19/h1-6,9H. The predicted molar refractivity (Wildman–Crippen MR) is 78.2 cm³/mol. The second-order valence-electron chi connectivity index (χ2n) is 4.19. The molecule has 1 unspecified atom stereocenters. The number of Topliss-reactive ketones (excluding diaryl/α,β-unsaturated/α-hetero) is 1. The number of carbonyl (C=O) groups is 1.